The van der Waals surface area contributed by atoms with Crippen molar-refractivity contribution in [2.75, 3.05) is 0 Å². The summed E-state index contributed by atoms with van der Waals surface area (Å²) in [6.07, 6.45) is 0.193. The fourth-order valence-corrected chi connectivity index (χ4v) is 2.28. The van der Waals surface area contributed by atoms with Gasteiger partial charge in [-0.1, -0.05) is 0 Å². The second-order valence-electron chi connectivity index (χ2n) is 2.82. The van der Waals surface area contributed by atoms with E-state index in [1.54, 1.807) is 0 Å². The van der Waals surface area contributed by atoms with Crippen LogP contribution in [0.4, 0.5) is 8.78 Å². The van der Waals surface area contributed by atoms with Crippen molar-refractivity contribution >= 4 is 21.4 Å². The maximum absolute atomic E-state index is 13.2. The first-order chi connectivity index (χ1) is 6.72. The molecule has 4 heteroatoms. The summed E-state index contributed by atoms with van der Waals surface area (Å²) in [5, 5.41) is 8.72. The highest BCUT2D eigenvalue weighted by molar-refractivity contribution is 7.19. The van der Waals surface area contributed by atoms with Gasteiger partial charge in [-0.3, -0.25) is 0 Å². The minimum absolute atomic E-state index is 0.193. The molecule has 2 aromatic rings. The lowest BCUT2D eigenvalue weighted by molar-refractivity contribution is 0.619. The van der Waals surface area contributed by atoms with E-state index in [1.165, 1.54) is 6.07 Å². The van der Waals surface area contributed by atoms with Crippen LogP contribution in [-0.4, -0.2) is 0 Å². The van der Waals surface area contributed by atoms with E-state index in [-0.39, 0.29) is 16.5 Å². The monoisotopic (exact) mass is 209 g/mol. The highest BCUT2D eigenvalue weighted by atomic mass is 32.1. The molecule has 1 aromatic carbocycles. The van der Waals surface area contributed by atoms with E-state index in [1.807, 2.05) is 6.07 Å². The molecule has 0 fully saturated rings. The maximum Gasteiger partial charge on any atom is 0.141 e. The summed E-state index contributed by atoms with van der Waals surface area (Å²) in [5.41, 5.74) is 0. The van der Waals surface area contributed by atoms with Crippen LogP contribution in [0.5, 0.6) is 0 Å². The maximum atomic E-state index is 13.2. The molecule has 0 N–H and O–H groups in total. The normalized spacial score (nSPS) is 10.4. The largest absolute Gasteiger partial charge is 0.206 e. The molecule has 0 saturated carbocycles. The second-order valence-corrected chi connectivity index (χ2v) is 3.96. The SMILES string of the molecule is N#CCc1cc2c(F)ccc(F)c2s1. The van der Waals surface area contributed by atoms with Crippen LogP contribution in [-0.2, 0) is 6.42 Å². The molecular formula is C10H5F2NS. The van der Waals surface area contributed by atoms with E-state index >= 15 is 0 Å². The molecule has 14 heavy (non-hydrogen) atoms. The number of fused-ring (bicyclic) bond motifs is 1. The molecule has 70 valence electrons. The summed E-state index contributed by atoms with van der Waals surface area (Å²) < 4.78 is 26.6. The number of hydrogen-bond acceptors (Lipinski definition) is 2. The lowest BCUT2D eigenvalue weighted by Gasteiger charge is -1.91. The van der Waals surface area contributed by atoms with Gasteiger partial charge in [0.1, 0.15) is 11.6 Å². The van der Waals surface area contributed by atoms with E-state index in [4.69, 9.17) is 5.26 Å². The predicted molar refractivity (Wildman–Crippen MR) is 51.1 cm³/mol. The van der Waals surface area contributed by atoms with Crippen molar-refractivity contribution in [3.05, 3.63) is 34.7 Å². The summed E-state index contributed by atoms with van der Waals surface area (Å²) in [6.45, 7) is 0. The van der Waals surface area contributed by atoms with Crippen molar-refractivity contribution in [2.45, 2.75) is 6.42 Å². The number of benzene rings is 1. The first kappa shape index (κ1) is 9.10. The highest BCUT2D eigenvalue weighted by Crippen LogP contribution is 2.30. The molecule has 0 aliphatic rings. The molecule has 2 rings (SSSR count). The van der Waals surface area contributed by atoms with Crippen LogP contribution in [0.1, 0.15) is 4.88 Å². The Bertz CT molecular complexity index is 486. The quantitative estimate of drug-likeness (QED) is 0.707. The summed E-state index contributed by atoms with van der Waals surface area (Å²) in [4.78, 5) is 0.687. The van der Waals surface area contributed by atoms with Crippen molar-refractivity contribution in [1.29, 1.82) is 5.26 Å². The summed E-state index contributed by atoms with van der Waals surface area (Å²) in [6, 6.07) is 5.68. The Labute approximate surface area is 83.2 Å². The van der Waals surface area contributed by atoms with Gasteiger partial charge in [-0.2, -0.15) is 5.26 Å². The van der Waals surface area contributed by atoms with E-state index in [0.717, 1.165) is 23.5 Å². The second kappa shape index (κ2) is 3.35. The number of rotatable bonds is 1. The van der Waals surface area contributed by atoms with Crippen LogP contribution in [0.15, 0.2) is 18.2 Å². The van der Waals surface area contributed by atoms with Gasteiger partial charge in [0.15, 0.2) is 0 Å². The fraction of sp³-hybridized carbons (Fsp3) is 0.100. The fourth-order valence-electron chi connectivity index (χ4n) is 1.27. The van der Waals surface area contributed by atoms with Crippen LogP contribution in [0, 0.1) is 23.0 Å². The molecule has 0 unspecified atom stereocenters. The average Bonchev–Trinajstić information content (AvgIpc) is 2.57. The molecule has 0 aliphatic carbocycles. The van der Waals surface area contributed by atoms with Gasteiger partial charge in [-0.25, -0.2) is 8.78 Å². The van der Waals surface area contributed by atoms with Crippen LogP contribution < -0.4 is 0 Å². The predicted octanol–water partition coefficient (Wildman–Crippen LogP) is 3.25. The van der Waals surface area contributed by atoms with Gasteiger partial charge in [-0.15, -0.1) is 11.3 Å². The van der Waals surface area contributed by atoms with Gasteiger partial charge in [-0.05, 0) is 18.2 Å². The third kappa shape index (κ3) is 1.36. The summed E-state index contributed by atoms with van der Waals surface area (Å²) in [7, 11) is 0. The van der Waals surface area contributed by atoms with Crippen LogP contribution >= 0.6 is 11.3 Å². The Kier molecular flexibility index (Phi) is 2.18. The van der Waals surface area contributed by atoms with E-state index in [0.29, 0.717) is 4.88 Å². The highest BCUT2D eigenvalue weighted by Gasteiger charge is 2.09. The molecule has 0 radical (unpaired) electrons. The number of nitriles is 1. The lowest BCUT2D eigenvalue weighted by atomic mass is 10.2. The smallest absolute Gasteiger partial charge is 0.141 e. The van der Waals surface area contributed by atoms with Gasteiger partial charge in [0.05, 0.1) is 17.2 Å². The zero-order chi connectivity index (χ0) is 10.1. The number of hydrogen-bond donors (Lipinski definition) is 0. The molecule has 1 nitrogen and oxygen atoms in total. The molecule has 0 saturated heterocycles. The van der Waals surface area contributed by atoms with Gasteiger partial charge < -0.3 is 0 Å². The standard InChI is InChI=1S/C10H5F2NS/c11-8-1-2-9(12)10-7(8)5-6(14-10)3-4-13/h1-2,5H,3H2. The van der Waals surface area contributed by atoms with Crippen molar-refractivity contribution in [3.8, 4) is 6.07 Å². The third-order valence-corrected chi connectivity index (χ3v) is 3.03. The third-order valence-electron chi connectivity index (χ3n) is 1.89. The van der Waals surface area contributed by atoms with Crippen molar-refractivity contribution in [1.82, 2.24) is 0 Å². The first-order valence-electron chi connectivity index (χ1n) is 3.95. The van der Waals surface area contributed by atoms with Crippen LogP contribution in [0.2, 0.25) is 0 Å². The summed E-state index contributed by atoms with van der Waals surface area (Å²) in [5.74, 6) is -0.877. The average molecular weight is 209 g/mol. The Balaban J connectivity index is 2.70. The molecule has 0 atom stereocenters. The van der Waals surface area contributed by atoms with Gasteiger partial charge in [0, 0.05) is 10.3 Å². The summed E-state index contributed by atoms with van der Waals surface area (Å²) >= 11 is 1.13. The lowest BCUT2D eigenvalue weighted by Crippen LogP contribution is -1.77. The van der Waals surface area contributed by atoms with E-state index < -0.39 is 11.6 Å². The van der Waals surface area contributed by atoms with E-state index in [2.05, 4.69) is 0 Å². The Morgan fingerprint density at radius 3 is 2.64 bits per heavy atom. The van der Waals surface area contributed by atoms with Gasteiger partial charge in [0.2, 0.25) is 0 Å². The Hall–Kier alpha value is -1.47. The minimum Gasteiger partial charge on any atom is -0.206 e. The zero-order valence-electron chi connectivity index (χ0n) is 7.05. The molecular weight excluding hydrogens is 204 g/mol. The molecule has 0 spiro atoms. The molecule has 1 aromatic heterocycles. The van der Waals surface area contributed by atoms with Crippen molar-refractivity contribution in [3.63, 3.8) is 0 Å². The molecule has 0 amide bonds. The van der Waals surface area contributed by atoms with E-state index in [9.17, 15) is 8.78 Å². The topological polar surface area (TPSA) is 23.8 Å². The van der Waals surface area contributed by atoms with Gasteiger partial charge in [0.25, 0.3) is 0 Å². The van der Waals surface area contributed by atoms with Gasteiger partial charge >= 0.3 is 0 Å². The number of halogens is 2. The van der Waals surface area contributed by atoms with Crippen molar-refractivity contribution in [2.24, 2.45) is 0 Å². The Morgan fingerprint density at radius 2 is 2.00 bits per heavy atom. The first-order valence-corrected chi connectivity index (χ1v) is 4.77. The van der Waals surface area contributed by atoms with Crippen molar-refractivity contribution < 1.29 is 8.78 Å². The Morgan fingerprint density at radius 1 is 1.29 bits per heavy atom. The molecule has 1 heterocycles. The van der Waals surface area contributed by atoms with Crippen LogP contribution in [0.3, 0.4) is 0 Å². The molecule has 0 bridgehead atoms. The molecule has 0 aliphatic heterocycles. The van der Waals surface area contributed by atoms with Crippen LogP contribution in [0.25, 0.3) is 10.1 Å². The number of nitrogens with zero attached hydrogens (tertiary/aromatic N) is 1. The zero-order valence-corrected chi connectivity index (χ0v) is 7.87. The number of thiophene rings is 1. The minimum atomic E-state index is -0.443.